The maximum atomic E-state index is 12.6. The fraction of sp³-hybridized carbons (Fsp3) is 0.233. The van der Waals surface area contributed by atoms with Crippen LogP contribution in [0.2, 0.25) is 0 Å². The quantitative estimate of drug-likeness (QED) is 0.352. The lowest BCUT2D eigenvalue weighted by Crippen LogP contribution is -2.43. The molecule has 35 heavy (non-hydrogen) atoms. The highest BCUT2D eigenvalue weighted by Gasteiger charge is 2.23. The molecule has 1 fully saturated rings. The Morgan fingerprint density at radius 2 is 1.71 bits per heavy atom. The van der Waals surface area contributed by atoms with Crippen LogP contribution >= 0.6 is 0 Å². The van der Waals surface area contributed by atoms with Crippen molar-refractivity contribution < 1.29 is 9.15 Å². The highest BCUT2D eigenvalue weighted by Crippen LogP contribution is 2.33. The highest BCUT2D eigenvalue weighted by molar-refractivity contribution is 5.93. The summed E-state index contributed by atoms with van der Waals surface area (Å²) < 4.78 is 10.9. The molecule has 1 aliphatic heterocycles. The van der Waals surface area contributed by atoms with E-state index in [1.54, 1.807) is 13.2 Å². The van der Waals surface area contributed by atoms with Gasteiger partial charge in [-0.3, -0.25) is 0 Å². The third kappa shape index (κ3) is 5.31. The molecule has 3 aromatic carbocycles. The molecule has 2 heterocycles. The summed E-state index contributed by atoms with van der Waals surface area (Å²) in [6.07, 6.45) is 6.38. The molecule has 0 spiro atoms. The second-order valence-corrected chi connectivity index (χ2v) is 8.84. The molecule has 1 N–H and O–H groups in total. The zero-order chi connectivity index (χ0) is 24.0. The van der Waals surface area contributed by atoms with Crippen LogP contribution in [0.25, 0.3) is 28.2 Å². The van der Waals surface area contributed by atoms with Crippen LogP contribution in [0.15, 0.2) is 94.2 Å². The molecule has 0 saturated carbocycles. The molecular formula is C30H30N2O3. The number of hydrogen-bond acceptors (Lipinski definition) is 5. The zero-order valence-electron chi connectivity index (χ0n) is 19.9. The van der Waals surface area contributed by atoms with Gasteiger partial charge in [0.15, 0.2) is 0 Å². The number of hydrogen-bond donors (Lipinski definition) is 1. The van der Waals surface area contributed by atoms with E-state index in [1.807, 2.05) is 54.6 Å². The first-order valence-electron chi connectivity index (χ1n) is 12.1. The highest BCUT2D eigenvalue weighted by atomic mass is 16.5. The molecule has 0 unspecified atom stereocenters. The summed E-state index contributed by atoms with van der Waals surface area (Å²) in [6.45, 7) is 2.66. The van der Waals surface area contributed by atoms with Crippen molar-refractivity contribution in [2.24, 2.45) is 0 Å². The van der Waals surface area contributed by atoms with Crippen LogP contribution in [0.1, 0.15) is 18.4 Å². The van der Waals surface area contributed by atoms with Crippen LogP contribution < -0.4 is 20.6 Å². The van der Waals surface area contributed by atoms with Crippen LogP contribution in [0, 0.1) is 0 Å². The van der Waals surface area contributed by atoms with Crippen molar-refractivity contribution in [1.29, 1.82) is 0 Å². The maximum Gasteiger partial charge on any atom is 0.338 e. The van der Waals surface area contributed by atoms with Gasteiger partial charge in [0, 0.05) is 24.0 Å². The van der Waals surface area contributed by atoms with Gasteiger partial charge in [-0.15, -0.1) is 0 Å². The fourth-order valence-electron chi connectivity index (χ4n) is 4.78. The van der Waals surface area contributed by atoms with Gasteiger partial charge in [0.2, 0.25) is 0 Å². The van der Waals surface area contributed by atoms with E-state index in [1.165, 1.54) is 0 Å². The van der Waals surface area contributed by atoms with E-state index in [0.29, 0.717) is 18.2 Å². The molecule has 1 aromatic heterocycles. The minimum Gasteiger partial charge on any atom is -0.497 e. The molecule has 1 saturated heterocycles. The Labute approximate surface area is 205 Å². The zero-order valence-corrected chi connectivity index (χ0v) is 19.9. The summed E-state index contributed by atoms with van der Waals surface area (Å²) in [5, 5.41) is 4.40. The van der Waals surface area contributed by atoms with Gasteiger partial charge in [-0.25, -0.2) is 4.79 Å². The topological polar surface area (TPSA) is 54.7 Å². The number of nitrogens with one attached hydrogen (secondary N) is 1. The number of ether oxygens (including phenoxy) is 1. The number of rotatable bonds is 7. The van der Waals surface area contributed by atoms with Crippen LogP contribution in [0.5, 0.6) is 5.75 Å². The van der Waals surface area contributed by atoms with Gasteiger partial charge >= 0.3 is 5.63 Å². The summed E-state index contributed by atoms with van der Waals surface area (Å²) in [6, 6.07) is 26.3. The number of methoxy groups -OCH3 is 1. The Morgan fingerprint density at radius 1 is 0.971 bits per heavy atom. The van der Waals surface area contributed by atoms with Gasteiger partial charge in [0.1, 0.15) is 11.3 Å². The average molecular weight is 467 g/mol. The molecule has 0 amide bonds. The van der Waals surface area contributed by atoms with Crippen LogP contribution in [0.3, 0.4) is 0 Å². The third-order valence-corrected chi connectivity index (χ3v) is 6.61. The first-order valence-corrected chi connectivity index (χ1v) is 12.1. The standard InChI is InChI=1S/C30H30N2O3/c1-34-26-12-9-23(10-13-26)24-11-14-29-27(20-24)28(21-30(33)35-29)32(25-15-17-31-18-16-25)19-5-8-22-6-3-2-4-7-22/h2-14,20-21,25,31H,15-19H2,1H3/b8-5+. The Balaban J connectivity index is 1.56. The first-order chi connectivity index (χ1) is 17.2. The number of benzene rings is 3. The molecule has 4 aromatic rings. The van der Waals surface area contributed by atoms with Crippen molar-refractivity contribution in [3.05, 3.63) is 101 Å². The first kappa shape index (κ1) is 22.9. The van der Waals surface area contributed by atoms with Gasteiger partial charge in [-0.1, -0.05) is 60.7 Å². The predicted octanol–water partition coefficient (Wildman–Crippen LogP) is 5.74. The Bertz CT molecular complexity index is 1350. The van der Waals surface area contributed by atoms with Crippen molar-refractivity contribution in [1.82, 2.24) is 5.32 Å². The lowest BCUT2D eigenvalue weighted by atomic mass is 10.00. The normalized spacial score (nSPS) is 14.4. The van der Waals surface area contributed by atoms with Gasteiger partial charge in [-0.05, 0) is 66.9 Å². The predicted molar refractivity (Wildman–Crippen MR) is 143 cm³/mol. The SMILES string of the molecule is COc1ccc(-c2ccc3oc(=O)cc(N(C/C=C/c4ccccc4)C4CCNCC4)c3c2)cc1. The molecule has 5 rings (SSSR count). The van der Waals surface area contributed by atoms with E-state index in [9.17, 15) is 4.79 Å². The van der Waals surface area contributed by atoms with Crippen molar-refractivity contribution >= 4 is 22.7 Å². The Morgan fingerprint density at radius 3 is 2.46 bits per heavy atom. The lowest BCUT2D eigenvalue weighted by Gasteiger charge is -2.36. The fourth-order valence-corrected chi connectivity index (χ4v) is 4.78. The van der Waals surface area contributed by atoms with E-state index in [0.717, 1.165) is 59.4 Å². The van der Waals surface area contributed by atoms with Crippen molar-refractivity contribution in [3.8, 4) is 16.9 Å². The van der Waals surface area contributed by atoms with Gasteiger partial charge in [0.25, 0.3) is 0 Å². The Kier molecular flexibility index (Phi) is 6.96. The van der Waals surface area contributed by atoms with E-state index in [-0.39, 0.29) is 5.63 Å². The van der Waals surface area contributed by atoms with Gasteiger partial charge in [-0.2, -0.15) is 0 Å². The van der Waals surface area contributed by atoms with Crippen LogP contribution in [0.4, 0.5) is 5.69 Å². The molecule has 0 atom stereocenters. The maximum absolute atomic E-state index is 12.6. The lowest BCUT2D eigenvalue weighted by molar-refractivity contribution is 0.415. The molecule has 178 valence electrons. The summed E-state index contributed by atoms with van der Waals surface area (Å²) in [5.74, 6) is 0.823. The summed E-state index contributed by atoms with van der Waals surface area (Å²) in [5.41, 5.74) is 4.53. The van der Waals surface area contributed by atoms with Crippen molar-refractivity contribution in [2.75, 3.05) is 31.6 Å². The molecule has 5 heteroatoms. The second kappa shape index (κ2) is 10.6. The Hall–Kier alpha value is -3.83. The molecule has 0 radical (unpaired) electrons. The average Bonchev–Trinajstić information content (AvgIpc) is 2.92. The van der Waals surface area contributed by atoms with Gasteiger partial charge < -0.3 is 19.4 Å². The minimum absolute atomic E-state index is 0.323. The summed E-state index contributed by atoms with van der Waals surface area (Å²) >= 11 is 0. The van der Waals surface area contributed by atoms with E-state index < -0.39 is 0 Å². The summed E-state index contributed by atoms with van der Waals surface area (Å²) in [7, 11) is 1.67. The van der Waals surface area contributed by atoms with Crippen molar-refractivity contribution in [3.63, 3.8) is 0 Å². The van der Waals surface area contributed by atoms with Crippen LogP contribution in [-0.4, -0.2) is 32.8 Å². The van der Waals surface area contributed by atoms with Crippen LogP contribution in [-0.2, 0) is 0 Å². The van der Waals surface area contributed by atoms with E-state index in [2.05, 4.69) is 40.6 Å². The largest absolute Gasteiger partial charge is 0.497 e. The van der Waals surface area contributed by atoms with E-state index in [4.69, 9.17) is 9.15 Å². The van der Waals surface area contributed by atoms with Gasteiger partial charge in [0.05, 0.1) is 12.8 Å². The smallest absolute Gasteiger partial charge is 0.338 e. The molecule has 0 bridgehead atoms. The molecule has 5 nitrogen and oxygen atoms in total. The number of anilines is 1. The minimum atomic E-state index is -0.323. The van der Waals surface area contributed by atoms with Crippen molar-refractivity contribution in [2.45, 2.75) is 18.9 Å². The molecular weight excluding hydrogens is 436 g/mol. The molecule has 1 aliphatic rings. The third-order valence-electron chi connectivity index (χ3n) is 6.61. The molecule has 0 aliphatic carbocycles. The second-order valence-electron chi connectivity index (χ2n) is 8.84. The number of fused-ring (bicyclic) bond motifs is 1. The van der Waals surface area contributed by atoms with E-state index >= 15 is 0 Å². The number of piperidine rings is 1. The monoisotopic (exact) mass is 466 g/mol. The number of nitrogens with zero attached hydrogens (tertiary/aromatic N) is 1. The summed E-state index contributed by atoms with van der Waals surface area (Å²) in [4.78, 5) is 14.9.